The Hall–Kier alpha value is -0.330. The van der Waals surface area contributed by atoms with E-state index in [1.807, 2.05) is 0 Å². The molecule has 0 atom stereocenters. The second kappa shape index (κ2) is 5.34. The van der Waals surface area contributed by atoms with E-state index in [1.165, 1.54) is 0 Å². The fourth-order valence-electron chi connectivity index (χ4n) is 0.600. The average molecular weight is 187 g/mol. The van der Waals surface area contributed by atoms with Gasteiger partial charge in [-0.2, -0.15) is 0 Å². The zero-order valence-corrected chi connectivity index (χ0v) is 6.76. The second-order valence-electron chi connectivity index (χ2n) is 2.32. The smallest absolute Gasteiger partial charge is 0.395 e. The van der Waals surface area contributed by atoms with E-state index in [2.05, 4.69) is 4.74 Å². The summed E-state index contributed by atoms with van der Waals surface area (Å²) in [5, 5.41) is 8.39. The Balaban J connectivity index is 3.31. The Morgan fingerprint density at radius 1 is 1.33 bits per heavy atom. The summed E-state index contributed by atoms with van der Waals surface area (Å²) in [4.78, 5) is 1.55. The summed E-state index contributed by atoms with van der Waals surface area (Å²) in [6.07, 6.45) is -4.56. The van der Waals surface area contributed by atoms with E-state index in [0.717, 1.165) is 0 Å². The number of aliphatic hydroxyl groups excluding tert-OH is 1. The predicted molar refractivity (Wildman–Crippen MR) is 36.6 cm³/mol. The number of hydrogen-bond acceptors (Lipinski definition) is 3. The molecule has 0 amide bonds. The van der Waals surface area contributed by atoms with Crippen molar-refractivity contribution in [3.8, 4) is 0 Å². The molecule has 0 aromatic rings. The molecule has 0 aliphatic rings. The lowest BCUT2D eigenvalue weighted by atomic mass is 10.5. The molecule has 0 unspecified atom stereocenters. The van der Waals surface area contributed by atoms with Crippen molar-refractivity contribution >= 4 is 0 Å². The van der Waals surface area contributed by atoms with Crippen LogP contribution < -0.4 is 0 Å². The highest BCUT2D eigenvalue weighted by Gasteiger charge is 2.28. The van der Waals surface area contributed by atoms with Gasteiger partial charge in [-0.25, -0.2) is 0 Å². The molecule has 0 aromatic heterocycles. The molecule has 0 saturated heterocycles. The van der Waals surface area contributed by atoms with Gasteiger partial charge in [0.05, 0.1) is 13.2 Å². The summed E-state index contributed by atoms with van der Waals surface area (Å²) in [5.74, 6) is 0. The first kappa shape index (κ1) is 11.7. The van der Waals surface area contributed by atoms with Crippen LogP contribution in [-0.2, 0) is 4.74 Å². The van der Waals surface area contributed by atoms with Crippen molar-refractivity contribution in [3.05, 3.63) is 0 Å². The molecule has 0 spiro atoms. The third-order valence-corrected chi connectivity index (χ3v) is 1.22. The summed E-state index contributed by atoms with van der Waals surface area (Å²) >= 11 is 0. The molecule has 0 aliphatic heterocycles. The van der Waals surface area contributed by atoms with Crippen molar-refractivity contribution in [3.63, 3.8) is 0 Å². The number of hydrogen-bond donors (Lipinski definition) is 1. The van der Waals surface area contributed by atoms with Crippen molar-refractivity contribution in [1.82, 2.24) is 4.90 Å². The summed E-state index contributed by atoms with van der Waals surface area (Å²) < 4.78 is 37.7. The fraction of sp³-hybridized carbons (Fsp3) is 1.00. The summed E-state index contributed by atoms with van der Waals surface area (Å²) in [5.41, 5.74) is 0. The van der Waals surface area contributed by atoms with Crippen LogP contribution in [-0.4, -0.2) is 49.7 Å². The molecule has 1 N–H and O–H groups in total. The van der Waals surface area contributed by atoms with Crippen molar-refractivity contribution in [1.29, 1.82) is 0 Å². The van der Waals surface area contributed by atoms with E-state index in [9.17, 15) is 13.2 Å². The minimum absolute atomic E-state index is 0.0669. The van der Waals surface area contributed by atoms with Crippen LogP contribution in [0.1, 0.15) is 0 Å². The number of ether oxygens (including phenoxy) is 1. The summed E-state index contributed by atoms with van der Waals surface area (Å²) in [6.45, 7) is 0.0316. The van der Waals surface area contributed by atoms with Crippen LogP contribution in [0.4, 0.5) is 13.2 Å². The Morgan fingerprint density at radius 3 is 2.33 bits per heavy atom. The third kappa shape index (κ3) is 7.77. The van der Waals surface area contributed by atoms with Gasteiger partial charge in [-0.05, 0) is 7.05 Å². The maximum atomic E-state index is 11.4. The van der Waals surface area contributed by atoms with Gasteiger partial charge in [0.25, 0.3) is 0 Å². The Bertz CT molecular complexity index is 118. The van der Waals surface area contributed by atoms with Crippen LogP contribution in [0.2, 0.25) is 0 Å². The highest BCUT2D eigenvalue weighted by atomic mass is 19.4. The fourth-order valence-corrected chi connectivity index (χ4v) is 0.600. The van der Waals surface area contributed by atoms with Crippen molar-refractivity contribution in [2.75, 3.05) is 33.4 Å². The maximum absolute atomic E-state index is 11.4. The first-order valence-corrected chi connectivity index (χ1v) is 3.46. The molecule has 0 saturated carbocycles. The van der Waals surface area contributed by atoms with E-state index in [0.29, 0.717) is 6.54 Å². The Morgan fingerprint density at radius 2 is 1.92 bits per heavy atom. The Kier molecular flexibility index (Phi) is 5.19. The minimum Gasteiger partial charge on any atom is -0.395 e. The lowest BCUT2D eigenvalue weighted by molar-refractivity contribution is -0.324. The van der Waals surface area contributed by atoms with Gasteiger partial charge in [-0.1, -0.05) is 0 Å². The van der Waals surface area contributed by atoms with Gasteiger partial charge in [0, 0.05) is 13.1 Å². The molecular formula is C6H12F3NO2. The third-order valence-electron chi connectivity index (χ3n) is 1.22. The van der Waals surface area contributed by atoms with Crippen LogP contribution in [0.15, 0.2) is 0 Å². The van der Waals surface area contributed by atoms with Gasteiger partial charge in [0.15, 0.2) is 0 Å². The molecular weight excluding hydrogens is 175 g/mol. The normalized spacial score (nSPS) is 12.5. The summed E-state index contributed by atoms with van der Waals surface area (Å²) in [7, 11) is 1.61. The largest absolute Gasteiger partial charge is 0.522 e. The van der Waals surface area contributed by atoms with Crippen LogP contribution in [0.5, 0.6) is 0 Å². The molecule has 0 rings (SSSR count). The maximum Gasteiger partial charge on any atom is 0.522 e. The van der Waals surface area contributed by atoms with Crippen molar-refractivity contribution in [2.45, 2.75) is 6.36 Å². The molecule has 3 nitrogen and oxygen atoms in total. The number of nitrogens with zero attached hydrogens (tertiary/aromatic N) is 1. The van der Waals surface area contributed by atoms with Gasteiger partial charge in [-0.15, -0.1) is 13.2 Å². The van der Waals surface area contributed by atoms with E-state index in [-0.39, 0.29) is 13.2 Å². The molecule has 0 aromatic carbocycles. The first-order chi connectivity index (χ1) is 5.45. The van der Waals surface area contributed by atoms with Gasteiger partial charge in [0.2, 0.25) is 0 Å². The lowest BCUT2D eigenvalue weighted by Gasteiger charge is -2.15. The first-order valence-electron chi connectivity index (χ1n) is 3.46. The summed E-state index contributed by atoms with van der Waals surface area (Å²) in [6, 6.07) is 0. The van der Waals surface area contributed by atoms with Crippen LogP contribution in [0.3, 0.4) is 0 Å². The van der Waals surface area contributed by atoms with Gasteiger partial charge < -0.3 is 10.0 Å². The number of rotatable bonds is 5. The van der Waals surface area contributed by atoms with E-state index in [4.69, 9.17) is 5.11 Å². The molecule has 74 valence electrons. The Labute approximate surface area is 68.7 Å². The van der Waals surface area contributed by atoms with Crippen molar-refractivity contribution in [2.24, 2.45) is 0 Å². The highest BCUT2D eigenvalue weighted by molar-refractivity contribution is 4.48. The molecule has 0 fully saturated rings. The van der Waals surface area contributed by atoms with Gasteiger partial charge in [0.1, 0.15) is 0 Å². The zero-order valence-electron chi connectivity index (χ0n) is 6.76. The van der Waals surface area contributed by atoms with E-state index in [1.54, 1.807) is 11.9 Å². The number of likely N-dealkylation sites (N-methyl/N-ethyl adjacent to an activating group) is 1. The van der Waals surface area contributed by atoms with Gasteiger partial charge >= 0.3 is 6.36 Å². The second-order valence-corrected chi connectivity index (χ2v) is 2.32. The number of halogens is 3. The molecule has 0 bridgehead atoms. The predicted octanol–water partition coefficient (Wildman–Crippen LogP) is 0.447. The molecule has 0 aliphatic carbocycles. The van der Waals surface area contributed by atoms with Crippen molar-refractivity contribution < 1.29 is 23.0 Å². The van der Waals surface area contributed by atoms with E-state index < -0.39 is 13.0 Å². The van der Waals surface area contributed by atoms with E-state index >= 15 is 0 Å². The standard InChI is InChI=1S/C6H12F3NO2/c1-10(2-4-11)3-5-12-6(7,8)9/h11H,2-5H2,1H3. The monoisotopic (exact) mass is 187 g/mol. The highest BCUT2D eigenvalue weighted by Crippen LogP contribution is 2.15. The lowest BCUT2D eigenvalue weighted by Crippen LogP contribution is -2.28. The molecule has 0 heterocycles. The van der Waals surface area contributed by atoms with Crippen LogP contribution in [0, 0.1) is 0 Å². The van der Waals surface area contributed by atoms with Crippen LogP contribution in [0.25, 0.3) is 0 Å². The quantitative estimate of drug-likeness (QED) is 0.678. The van der Waals surface area contributed by atoms with Crippen LogP contribution >= 0.6 is 0 Å². The SMILES string of the molecule is CN(CCO)CCOC(F)(F)F. The molecule has 0 radical (unpaired) electrons. The van der Waals surface area contributed by atoms with Gasteiger partial charge in [-0.3, -0.25) is 4.74 Å². The average Bonchev–Trinajstić information content (AvgIpc) is 1.84. The minimum atomic E-state index is -4.56. The number of alkyl halides is 3. The molecule has 6 heteroatoms. The zero-order chi connectivity index (χ0) is 9.61. The molecule has 12 heavy (non-hydrogen) atoms. The number of aliphatic hydroxyl groups is 1. The topological polar surface area (TPSA) is 32.7 Å².